The lowest BCUT2D eigenvalue weighted by molar-refractivity contribution is -0.141. The minimum absolute atomic E-state index is 0.184. The van der Waals surface area contributed by atoms with Crippen LogP contribution in [0, 0.1) is 5.41 Å². The Bertz CT molecular complexity index is 829. The topological polar surface area (TPSA) is 39.8 Å². The summed E-state index contributed by atoms with van der Waals surface area (Å²) in [5.74, 6) is 0. The lowest BCUT2D eigenvalue weighted by atomic mass is 9.90. The first-order valence-electron chi connectivity index (χ1n) is 8.48. The third kappa shape index (κ3) is 3.80. The molecular formula is C18H22F3N3O. The van der Waals surface area contributed by atoms with Crippen molar-refractivity contribution < 1.29 is 13.2 Å². The molecule has 0 radical (unpaired) electrons. The summed E-state index contributed by atoms with van der Waals surface area (Å²) in [6.45, 7) is 6.30. The Morgan fingerprint density at radius 3 is 2.44 bits per heavy atom. The minimum Gasteiger partial charge on any atom is -0.312 e. The summed E-state index contributed by atoms with van der Waals surface area (Å²) in [6.07, 6.45) is -0.0959. The fraction of sp³-hybridized carbons (Fsp3) is 0.556. The zero-order valence-corrected chi connectivity index (χ0v) is 14.6. The highest BCUT2D eigenvalue weighted by molar-refractivity contribution is 5.59. The summed E-state index contributed by atoms with van der Waals surface area (Å²) >= 11 is 0. The third-order valence-electron chi connectivity index (χ3n) is 4.79. The van der Waals surface area contributed by atoms with E-state index in [4.69, 9.17) is 0 Å². The Hall–Kier alpha value is -2.05. The molecule has 1 saturated carbocycles. The fourth-order valence-corrected chi connectivity index (χ4v) is 2.73. The van der Waals surface area contributed by atoms with Gasteiger partial charge in [0.25, 0.3) is 5.56 Å². The predicted octanol–water partition coefficient (Wildman–Crippen LogP) is 4.50. The van der Waals surface area contributed by atoms with Crippen molar-refractivity contribution in [3.63, 3.8) is 0 Å². The highest BCUT2D eigenvalue weighted by Crippen LogP contribution is 2.35. The summed E-state index contributed by atoms with van der Waals surface area (Å²) in [5, 5.41) is 3.77. The number of nitrogens with zero attached hydrogens (tertiary/aromatic N) is 3. The van der Waals surface area contributed by atoms with E-state index in [0.29, 0.717) is 17.8 Å². The van der Waals surface area contributed by atoms with E-state index in [0.717, 1.165) is 25.3 Å². The van der Waals surface area contributed by atoms with Crippen molar-refractivity contribution in [1.82, 2.24) is 14.3 Å². The molecule has 0 aliphatic heterocycles. The number of hydrogen-bond donors (Lipinski definition) is 0. The SMILES string of the molecule is CCC(C)(C)Cn1nc(C(F)(F)F)cc1-c1ccn(C2CC2)c(=O)c1. The number of pyridine rings is 1. The van der Waals surface area contributed by atoms with Crippen LogP contribution in [0.25, 0.3) is 11.3 Å². The van der Waals surface area contributed by atoms with Crippen LogP contribution in [0.4, 0.5) is 13.2 Å². The van der Waals surface area contributed by atoms with E-state index in [1.54, 1.807) is 16.8 Å². The molecule has 0 unspecified atom stereocenters. The zero-order valence-electron chi connectivity index (χ0n) is 14.6. The van der Waals surface area contributed by atoms with Crippen LogP contribution in [0.3, 0.4) is 0 Å². The second-order valence-corrected chi connectivity index (χ2v) is 7.48. The fourth-order valence-electron chi connectivity index (χ4n) is 2.73. The van der Waals surface area contributed by atoms with Gasteiger partial charge in [0.2, 0.25) is 0 Å². The van der Waals surface area contributed by atoms with Crippen LogP contribution >= 0.6 is 0 Å². The van der Waals surface area contributed by atoms with Crippen LogP contribution in [0.2, 0.25) is 0 Å². The molecule has 1 fully saturated rings. The molecule has 0 atom stereocenters. The number of halogens is 3. The molecule has 0 N–H and O–H groups in total. The van der Waals surface area contributed by atoms with Gasteiger partial charge in [-0.3, -0.25) is 9.48 Å². The van der Waals surface area contributed by atoms with Crippen molar-refractivity contribution in [2.24, 2.45) is 5.41 Å². The number of aromatic nitrogens is 3. The lowest BCUT2D eigenvalue weighted by Crippen LogP contribution is -2.21. The predicted molar refractivity (Wildman–Crippen MR) is 89.3 cm³/mol. The molecule has 0 aromatic carbocycles. The molecule has 0 bridgehead atoms. The molecule has 2 heterocycles. The first kappa shape index (κ1) is 17.8. The van der Waals surface area contributed by atoms with Crippen molar-refractivity contribution in [2.45, 2.75) is 58.8 Å². The second-order valence-electron chi connectivity index (χ2n) is 7.48. The standard InChI is InChI=1S/C18H22F3N3O/c1-4-17(2,3)11-24-14(10-15(22-24)18(19,20)21)12-7-8-23(13-5-6-13)16(25)9-12/h7-10,13H,4-6,11H2,1-3H3. The lowest BCUT2D eigenvalue weighted by Gasteiger charge is -2.23. The van der Waals surface area contributed by atoms with Gasteiger partial charge in [-0.2, -0.15) is 18.3 Å². The van der Waals surface area contributed by atoms with E-state index in [-0.39, 0.29) is 17.0 Å². The van der Waals surface area contributed by atoms with E-state index in [2.05, 4.69) is 5.10 Å². The highest BCUT2D eigenvalue weighted by atomic mass is 19.4. The average molecular weight is 353 g/mol. The van der Waals surface area contributed by atoms with E-state index >= 15 is 0 Å². The monoisotopic (exact) mass is 353 g/mol. The Labute approximate surface area is 144 Å². The molecule has 1 aliphatic carbocycles. The van der Waals surface area contributed by atoms with E-state index in [1.165, 1.54) is 10.7 Å². The molecule has 2 aromatic rings. The van der Waals surface area contributed by atoms with E-state index < -0.39 is 11.9 Å². The molecule has 136 valence electrons. The van der Waals surface area contributed by atoms with Crippen LogP contribution in [0.15, 0.2) is 29.2 Å². The van der Waals surface area contributed by atoms with Gasteiger partial charge in [0.05, 0.1) is 5.69 Å². The van der Waals surface area contributed by atoms with Crippen molar-refractivity contribution in [2.75, 3.05) is 0 Å². The smallest absolute Gasteiger partial charge is 0.312 e. The molecule has 0 amide bonds. The molecule has 0 saturated heterocycles. The maximum absolute atomic E-state index is 13.1. The maximum atomic E-state index is 13.1. The summed E-state index contributed by atoms with van der Waals surface area (Å²) in [6, 6.07) is 4.37. The van der Waals surface area contributed by atoms with Crippen molar-refractivity contribution in [3.05, 3.63) is 40.4 Å². The number of hydrogen-bond acceptors (Lipinski definition) is 2. The van der Waals surface area contributed by atoms with Crippen molar-refractivity contribution >= 4 is 0 Å². The van der Waals surface area contributed by atoms with Crippen LogP contribution in [0.5, 0.6) is 0 Å². The molecule has 4 nitrogen and oxygen atoms in total. The van der Waals surface area contributed by atoms with Gasteiger partial charge in [-0.25, -0.2) is 0 Å². The number of rotatable bonds is 5. The van der Waals surface area contributed by atoms with Gasteiger partial charge >= 0.3 is 6.18 Å². The highest BCUT2D eigenvalue weighted by Gasteiger charge is 2.36. The molecular weight excluding hydrogens is 331 g/mol. The van der Waals surface area contributed by atoms with Gasteiger partial charge in [-0.15, -0.1) is 0 Å². The largest absolute Gasteiger partial charge is 0.435 e. The van der Waals surface area contributed by atoms with Crippen molar-refractivity contribution in [1.29, 1.82) is 0 Å². The average Bonchev–Trinajstić information content (AvgIpc) is 3.26. The van der Waals surface area contributed by atoms with Gasteiger partial charge in [-0.1, -0.05) is 20.8 Å². The van der Waals surface area contributed by atoms with Gasteiger partial charge in [-0.05, 0) is 36.8 Å². The second kappa shape index (κ2) is 6.04. The molecule has 25 heavy (non-hydrogen) atoms. The van der Waals surface area contributed by atoms with E-state index in [9.17, 15) is 18.0 Å². The Morgan fingerprint density at radius 2 is 1.92 bits per heavy atom. The summed E-state index contributed by atoms with van der Waals surface area (Å²) in [7, 11) is 0. The van der Waals surface area contributed by atoms with Crippen molar-refractivity contribution in [3.8, 4) is 11.3 Å². The molecule has 1 aliphatic rings. The molecule has 2 aromatic heterocycles. The molecule has 0 spiro atoms. The van der Waals surface area contributed by atoms with Gasteiger partial charge in [0, 0.05) is 30.4 Å². The number of alkyl halides is 3. The van der Waals surface area contributed by atoms with Gasteiger partial charge in [0.1, 0.15) is 0 Å². The van der Waals surface area contributed by atoms with Gasteiger partial charge in [0.15, 0.2) is 5.69 Å². The van der Waals surface area contributed by atoms with Crippen LogP contribution in [-0.2, 0) is 12.7 Å². The maximum Gasteiger partial charge on any atom is 0.435 e. The molecule has 7 heteroatoms. The summed E-state index contributed by atoms with van der Waals surface area (Å²) in [5.41, 5.74) is -0.519. The van der Waals surface area contributed by atoms with Crippen LogP contribution < -0.4 is 5.56 Å². The molecule has 3 rings (SSSR count). The quantitative estimate of drug-likeness (QED) is 0.794. The Morgan fingerprint density at radius 1 is 1.24 bits per heavy atom. The zero-order chi connectivity index (χ0) is 18.4. The summed E-state index contributed by atoms with van der Waals surface area (Å²) in [4.78, 5) is 12.3. The Balaban J connectivity index is 2.05. The minimum atomic E-state index is -4.51. The first-order chi connectivity index (χ1) is 11.6. The Kier molecular flexibility index (Phi) is 4.29. The van der Waals surface area contributed by atoms with Gasteiger partial charge < -0.3 is 4.57 Å². The van der Waals surface area contributed by atoms with Crippen LogP contribution in [-0.4, -0.2) is 14.3 Å². The summed E-state index contributed by atoms with van der Waals surface area (Å²) < 4.78 is 42.4. The normalized spacial score (nSPS) is 15.6. The third-order valence-corrected chi connectivity index (χ3v) is 4.79. The first-order valence-corrected chi connectivity index (χ1v) is 8.48. The van der Waals surface area contributed by atoms with E-state index in [1.807, 2.05) is 20.8 Å². The van der Waals surface area contributed by atoms with Crippen LogP contribution in [0.1, 0.15) is 51.8 Å².